The van der Waals surface area contributed by atoms with E-state index in [1.807, 2.05) is 54.6 Å². The molecule has 0 atom stereocenters. The number of benzene rings is 2. The lowest BCUT2D eigenvalue weighted by Gasteiger charge is -2.36. The molecule has 2 heteroatoms. The van der Waals surface area contributed by atoms with E-state index in [0.29, 0.717) is 0 Å². The van der Waals surface area contributed by atoms with Crippen molar-refractivity contribution in [2.45, 2.75) is 38.9 Å². The summed E-state index contributed by atoms with van der Waals surface area (Å²) in [5, 5.41) is 0.193. The van der Waals surface area contributed by atoms with E-state index in [-0.39, 0.29) is 5.04 Å². The van der Waals surface area contributed by atoms with E-state index in [4.69, 9.17) is 4.43 Å². The molecule has 0 radical (unpaired) electrons. The molecule has 0 fully saturated rings. The molecule has 2 aromatic carbocycles. The Balaban J connectivity index is 2.04. The lowest BCUT2D eigenvalue weighted by Crippen LogP contribution is -2.43. The minimum absolute atomic E-state index is 0.193. The predicted molar refractivity (Wildman–Crippen MR) is 104 cm³/mol. The van der Waals surface area contributed by atoms with Gasteiger partial charge in [0.15, 0.2) is 0 Å². The van der Waals surface area contributed by atoms with E-state index in [0.717, 1.165) is 16.9 Å². The molecule has 0 aliphatic heterocycles. The van der Waals surface area contributed by atoms with Crippen molar-refractivity contribution >= 4 is 8.32 Å². The van der Waals surface area contributed by atoms with Gasteiger partial charge in [0.1, 0.15) is 5.75 Å². The molecule has 0 heterocycles. The number of hydrogen-bond donors (Lipinski definition) is 0. The summed E-state index contributed by atoms with van der Waals surface area (Å²) in [7, 11) is -1.79. The second kappa shape index (κ2) is 7.43. The highest BCUT2D eigenvalue weighted by molar-refractivity contribution is 6.74. The first-order chi connectivity index (χ1) is 11.3. The van der Waals surface area contributed by atoms with E-state index in [1.165, 1.54) is 0 Å². The Morgan fingerprint density at radius 3 is 1.75 bits per heavy atom. The largest absolute Gasteiger partial charge is 0.544 e. The minimum atomic E-state index is -1.79. The summed E-state index contributed by atoms with van der Waals surface area (Å²) in [6.45, 7) is 11.2. The van der Waals surface area contributed by atoms with E-state index in [9.17, 15) is 0 Å². The molecule has 1 nitrogen and oxygen atoms in total. The van der Waals surface area contributed by atoms with Crippen LogP contribution in [0.5, 0.6) is 5.75 Å². The predicted octanol–water partition coefficient (Wildman–Crippen LogP) is 5.47. The van der Waals surface area contributed by atoms with Gasteiger partial charge in [0.05, 0.1) is 0 Å². The smallest absolute Gasteiger partial charge is 0.250 e. The van der Waals surface area contributed by atoms with Crippen molar-refractivity contribution in [2.24, 2.45) is 0 Å². The van der Waals surface area contributed by atoms with Crippen LogP contribution >= 0.6 is 0 Å². The summed E-state index contributed by atoms with van der Waals surface area (Å²) in [5.41, 5.74) is 1.92. The van der Waals surface area contributed by atoms with Crippen LogP contribution in [0.25, 0.3) is 0 Å². The Morgan fingerprint density at radius 1 is 0.750 bits per heavy atom. The Hall–Kier alpha value is -2.42. The number of rotatable bonds is 2. The zero-order valence-electron chi connectivity index (χ0n) is 15.1. The van der Waals surface area contributed by atoms with Gasteiger partial charge in [-0.25, -0.2) is 0 Å². The average molecular weight is 333 g/mol. The first-order valence-corrected chi connectivity index (χ1v) is 11.0. The molecule has 2 rings (SSSR count). The van der Waals surface area contributed by atoms with Gasteiger partial charge in [-0.2, -0.15) is 0 Å². The van der Waals surface area contributed by atoms with Crippen molar-refractivity contribution in [2.75, 3.05) is 0 Å². The molecule has 0 aliphatic rings. The van der Waals surface area contributed by atoms with Gasteiger partial charge in [-0.15, -0.1) is 0 Å². The van der Waals surface area contributed by atoms with Gasteiger partial charge < -0.3 is 4.43 Å². The van der Waals surface area contributed by atoms with Gasteiger partial charge in [-0.05, 0) is 66.4 Å². The maximum Gasteiger partial charge on any atom is 0.250 e. The van der Waals surface area contributed by atoms with Crippen LogP contribution in [-0.2, 0) is 0 Å². The quantitative estimate of drug-likeness (QED) is 0.523. The van der Waals surface area contributed by atoms with Crippen LogP contribution in [0.3, 0.4) is 0 Å². The van der Waals surface area contributed by atoms with Crippen LogP contribution in [0.15, 0.2) is 54.6 Å². The number of hydrogen-bond acceptors (Lipinski definition) is 1. The Kier molecular flexibility index (Phi) is 5.55. The van der Waals surface area contributed by atoms with E-state index < -0.39 is 8.32 Å². The van der Waals surface area contributed by atoms with Crippen molar-refractivity contribution in [3.05, 3.63) is 65.7 Å². The van der Waals surface area contributed by atoms with Gasteiger partial charge in [-0.3, -0.25) is 0 Å². The molecule has 0 N–H and O–H groups in total. The standard InChI is InChI=1S/C22H24OSi/c1-22(2,3)24(4,5)23-21-17-15-20(16-18-21)14-10-9-13-19-11-7-6-8-12-19/h6-8,11-12,15-18H,1-5H3. The van der Waals surface area contributed by atoms with Crippen molar-refractivity contribution in [3.63, 3.8) is 0 Å². The molecule has 0 amide bonds. The maximum atomic E-state index is 6.27. The minimum Gasteiger partial charge on any atom is -0.544 e. The highest BCUT2D eigenvalue weighted by Gasteiger charge is 2.38. The zero-order chi connectivity index (χ0) is 17.6. The maximum absolute atomic E-state index is 6.27. The first-order valence-electron chi connectivity index (χ1n) is 8.14. The second-order valence-electron chi connectivity index (χ2n) is 7.25. The summed E-state index contributed by atoms with van der Waals surface area (Å²) in [5.74, 6) is 12.8. The average Bonchev–Trinajstić information content (AvgIpc) is 2.53. The molecular formula is C22H24OSi. The molecular weight excluding hydrogens is 308 g/mol. The van der Waals surface area contributed by atoms with Crippen LogP contribution < -0.4 is 4.43 Å². The Bertz CT molecular complexity index is 789. The lowest BCUT2D eigenvalue weighted by atomic mass is 10.2. The summed E-state index contributed by atoms with van der Waals surface area (Å²) >= 11 is 0. The SMILES string of the molecule is CC(C)(C)[Si](C)(C)Oc1ccc(C#CC#Cc2ccccc2)cc1. The molecule has 122 valence electrons. The normalized spacial score (nSPS) is 10.9. The molecule has 0 aliphatic carbocycles. The third-order valence-corrected chi connectivity index (χ3v) is 8.64. The Labute approximate surface area is 147 Å². The van der Waals surface area contributed by atoms with E-state index in [1.54, 1.807) is 0 Å². The topological polar surface area (TPSA) is 9.23 Å². The molecule has 0 saturated heterocycles. The molecule has 24 heavy (non-hydrogen) atoms. The van der Waals surface area contributed by atoms with Crippen LogP contribution in [0.1, 0.15) is 31.9 Å². The van der Waals surface area contributed by atoms with Gasteiger partial charge in [0.25, 0.3) is 0 Å². The summed E-state index contributed by atoms with van der Waals surface area (Å²) in [6.07, 6.45) is 0. The third-order valence-electron chi connectivity index (χ3n) is 4.28. The van der Waals surface area contributed by atoms with Gasteiger partial charge in [0, 0.05) is 11.1 Å². The summed E-state index contributed by atoms with van der Waals surface area (Å²) < 4.78 is 6.27. The fraction of sp³-hybridized carbons (Fsp3) is 0.273. The van der Waals surface area contributed by atoms with Crippen molar-refractivity contribution < 1.29 is 4.43 Å². The van der Waals surface area contributed by atoms with Crippen LogP contribution in [-0.4, -0.2) is 8.32 Å². The van der Waals surface area contributed by atoms with Gasteiger partial charge >= 0.3 is 0 Å². The summed E-state index contributed by atoms with van der Waals surface area (Å²) in [6, 6.07) is 17.8. The van der Waals surface area contributed by atoms with Crippen LogP contribution in [0, 0.1) is 23.7 Å². The second-order valence-corrected chi connectivity index (χ2v) is 12.0. The van der Waals surface area contributed by atoms with Crippen molar-refractivity contribution in [1.29, 1.82) is 0 Å². The molecule has 0 saturated carbocycles. The molecule has 0 bridgehead atoms. The summed E-state index contributed by atoms with van der Waals surface area (Å²) in [4.78, 5) is 0. The molecule has 0 unspecified atom stereocenters. The van der Waals surface area contributed by atoms with Crippen LogP contribution in [0.2, 0.25) is 18.1 Å². The zero-order valence-corrected chi connectivity index (χ0v) is 16.1. The molecule has 0 aromatic heterocycles. The van der Waals surface area contributed by atoms with E-state index >= 15 is 0 Å². The molecule has 2 aromatic rings. The highest BCUT2D eigenvalue weighted by Crippen LogP contribution is 2.37. The fourth-order valence-corrected chi connectivity index (χ4v) is 2.81. The molecule has 0 spiro atoms. The lowest BCUT2D eigenvalue weighted by molar-refractivity contribution is 0.492. The highest BCUT2D eigenvalue weighted by atomic mass is 28.4. The van der Waals surface area contributed by atoms with Gasteiger partial charge in [0.2, 0.25) is 8.32 Å². The van der Waals surface area contributed by atoms with Gasteiger partial charge in [-0.1, -0.05) is 50.8 Å². The van der Waals surface area contributed by atoms with Crippen molar-refractivity contribution in [3.8, 4) is 29.4 Å². The van der Waals surface area contributed by atoms with E-state index in [2.05, 4.69) is 57.5 Å². The van der Waals surface area contributed by atoms with Crippen LogP contribution in [0.4, 0.5) is 0 Å². The Morgan fingerprint density at radius 2 is 1.25 bits per heavy atom. The first kappa shape index (κ1) is 17.9. The third kappa shape index (κ3) is 5.05. The fourth-order valence-electron chi connectivity index (χ4n) is 1.78. The van der Waals surface area contributed by atoms with Crippen molar-refractivity contribution in [1.82, 2.24) is 0 Å². The monoisotopic (exact) mass is 332 g/mol.